The Balaban J connectivity index is 1.21. The van der Waals surface area contributed by atoms with Crippen LogP contribution in [-0.4, -0.2) is 0 Å². The third-order valence-corrected chi connectivity index (χ3v) is 11.7. The number of fused-ring (bicyclic) bond motifs is 8. The van der Waals surface area contributed by atoms with Gasteiger partial charge in [0.25, 0.3) is 0 Å². The van der Waals surface area contributed by atoms with Crippen LogP contribution >= 0.6 is 25.3 Å². The van der Waals surface area contributed by atoms with Crippen LogP contribution in [0.3, 0.4) is 0 Å². The van der Waals surface area contributed by atoms with E-state index in [2.05, 4.69) is 149 Å². The summed E-state index contributed by atoms with van der Waals surface area (Å²) in [5, 5.41) is 5.06. The van der Waals surface area contributed by atoms with Crippen molar-refractivity contribution < 1.29 is 0 Å². The molecule has 0 atom stereocenters. The SMILES string of the molecule is CC1(C)c2cc(-c3ccc4ccccc4c3)ccc2-c2c(S)c3c(c(S)c21)C(C)(C)c1cc(-c2ccc4ccccc4c2)ccc1-3. The summed E-state index contributed by atoms with van der Waals surface area (Å²) in [6, 6.07) is 44.7. The van der Waals surface area contributed by atoms with Gasteiger partial charge in [-0.3, -0.25) is 0 Å². The van der Waals surface area contributed by atoms with Gasteiger partial charge in [0.1, 0.15) is 0 Å². The second kappa shape index (κ2) is 9.64. The second-order valence-electron chi connectivity index (χ2n) is 14.1. The van der Waals surface area contributed by atoms with Gasteiger partial charge in [0.05, 0.1) is 0 Å². The van der Waals surface area contributed by atoms with Crippen LogP contribution in [0.4, 0.5) is 0 Å². The van der Waals surface area contributed by atoms with Crippen molar-refractivity contribution in [1.29, 1.82) is 0 Å². The lowest BCUT2D eigenvalue weighted by molar-refractivity contribution is 0.614. The van der Waals surface area contributed by atoms with E-state index in [-0.39, 0.29) is 10.8 Å². The van der Waals surface area contributed by atoms with Crippen molar-refractivity contribution in [1.82, 2.24) is 0 Å². The maximum Gasteiger partial charge on any atom is 0.0205 e. The highest BCUT2D eigenvalue weighted by atomic mass is 32.1. The first-order valence-corrected chi connectivity index (χ1v) is 16.9. The third-order valence-electron chi connectivity index (χ3n) is 10.8. The molecule has 0 aliphatic heterocycles. The van der Waals surface area contributed by atoms with Crippen molar-refractivity contribution in [3.8, 4) is 44.5 Å². The first-order chi connectivity index (χ1) is 22.1. The summed E-state index contributed by atoms with van der Waals surface area (Å²) in [5.74, 6) is 0. The molecule has 2 aliphatic carbocycles. The van der Waals surface area contributed by atoms with E-state index in [4.69, 9.17) is 25.3 Å². The van der Waals surface area contributed by atoms with Gasteiger partial charge in [-0.05, 0) is 101 Å². The molecule has 0 nitrogen and oxygen atoms in total. The minimum atomic E-state index is -0.220. The highest BCUT2D eigenvalue weighted by molar-refractivity contribution is 7.81. The lowest BCUT2D eigenvalue weighted by Gasteiger charge is -2.29. The van der Waals surface area contributed by atoms with Crippen molar-refractivity contribution in [3.05, 3.63) is 144 Å². The predicted octanol–water partition coefficient (Wildman–Crippen LogP) is 12.5. The van der Waals surface area contributed by atoms with E-state index in [1.807, 2.05) is 0 Å². The zero-order valence-corrected chi connectivity index (χ0v) is 28.2. The van der Waals surface area contributed by atoms with Crippen LogP contribution in [0.2, 0.25) is 0 Å². The monoisotopic (exact) mass is 626 g/mol. The summed E-state index contributed by atoms with van der Waals surface area (Å²) in [5.41, 5.74) is 14.8. The Morgan fingerprint density at radius 2 is 0.761 bits per heavy atom. The van der Waals surface area contributed by atoms with E-state index in [1.165, 1.54) is 88.3 Å². The Morgan fingerprint density at radius 3 is 1.20 bits per heavy atom. The van der Waals surface area contributed by atoms with Crippen LogP contribution in [0, 0.1) is 0 Å². The van der Waals surface area contributed by atoms with Crippen LogP contribution in [0.1, 0.15) is 49.9 Å². The van der Waals surface area contributed by atoms with E-state index in [0.29, 0.717) is 0 Å². The minimum absolute atomic E-state index is 0.220. The molecule has 0 fully saturated rings. The molecule has 0 N–H and O–H groups in total. The number of hydrogen-bond donors (Lipinski definition) is 2. The van der Waals surface area contributed by atoms with Crippen LogP contribution in [-0.2, 0) is 10.8 Å². The molecule has 0 unspecified atom stereocenters. The van der Waals surface area contributed by atoms with Gasteiger partial charge in [0.15, 0.2) is 0 Å². The summed E-state index contributed by atoms with van der Waals surface area (Å²) in [4.78, 5) is 2.17. The first-order valence-electron chi connectivity index (χ1n) is 16.1. The Kier molecular flexibility index (Phi) is 5.87. The first kappa shape index (κ1) is 28.0. The fraction of sp³-hybridized carbons (Fsp3) is 0.136. The van der Waals surface area contributed by atoms with Gasteiger partial charge >= 0.3 is 0 Å². The highest BCUT2D eigenvalue weighted by Gasteiger charge is 2.46. The lowest BCUT2D eigenvalue weighted by Crippen LogP contribution is -2.21. The summed E-state index contributed by atoms with van der Waals surface area (Å²) < 4.78 is 0. The van der Waals surface area contributed by atoms with Gasteiger partial charge in [0, 0.05) is 31.7 Å². The van der Waals surface area contributed by atoms with Gasteiger partial charge in [-0.25, -0.2) is 0 Å². The van der Waals surface area contributed by atoms with Crippen molar-refractivity contribution in [2.75, 3.05) is 0 Å². The second-order valence-corrected chi connectivity index (χ2v) is 15.0. The fourth-order valence-electron chi connectivity index (χ4n) is 8.39. The zero-order valence-electron chi connectivity index (χ0n) is 26.4. The molecular weight excluding hydrogens is 593 g/mol. The van der Waals surface area contributed by atoms with E-state index >= 15 is 0 Å². The molecule has 0 radical (unpaired) electrons. The van der Waals surface area contributed by atoms with Gasteiger partial charge in [-0.1, -0.05) is 125 Å². The average Bonchev–Trinajstić information content (AvgIpc) is 3.46. The van der Waals surface area contributed by atoms with Crippen LogP contribution in [0.15, 0.2) is 131 Å². The standard InChI is InChI=1S/C44H34S2/c1-43(2)35-23-31(29-15-13-25-9-5-7-11-27(25)21-29)17-19-33(35)37-39(43)42(46)40-38(41(37)45)34-20-18-32(24-36(34)44(40,3)4)30-16-14-26-10-6-8-12-28(26)22-30/h5-24,45-46H,1-4H3. The highest BCUT2D eigenvalue weighted by Crippen LogP contribution is 2.62. The molecule has 222 valence electrons. The molecule has 2 heteroatoms. The largest absolute Gasteiger partial charge is 0.143 e. The number of hydrogen-bond acceptors (Lipinski definition) is 2. The van der Waals surface area contributed by atoms with Gasteiger partial charge in [-0.2, -0.15) is 0 Å². The average molecular weight is 627 g/mol. The molecule has 2 aliphatic rings. The molecule has 7 aromatic carbocycles. The number of thiol groups is 2. The van der Waals surface area contributed by atoms with E-state index in [0.717, 1.165) is 9.79 Å². The van der Waals surface area contributed by atoms with Crippen LogP contribution in [0.5, 0.6) is 0 Å². The Morgan fingerprint density at radius 1 is 0.391 bits per heavy atom. The van der Waals surface area contributed by atoms with Gasteiger partial charge in [-0.15, -0.1) is 25.3 Å². The maximum atomic E-state index is 5.41. The quantitative estimate of drug-likeness (QED) is 0.175. The van der Waals surface area contributed by atoms with Crippen LogP contribution < -0.4 is 0 Å². The van der Waals surface area contributed by atoms with Crippen LogP contribution in [0.25, 0.3) is 66.1 Å². The molecule has 46 heavy (non-hydrogen) atoms. The van der Waals surface area contributed by atoms with Crippen molar-refractivity contribution in [3.63, 3.8) is 0 Å². The molecule has 0 heterocycles. The van der Waals surface area contributed by atoms with Gasteiger partial charge in [0.2, 0.25) is 0 Å². The molecule has 0 aromatic heterocycles. The van der Waals surface area contributed by atoms with Crippen molar-refractivity contribution >= 4 is 46.8 Å². The predicted molar refractivity (Wildman–Crippen MR) is 202 cm³/mol. The summed E-state index contributed by atoms with van der Waals surface area (Å²) in [7, 11) is 0. The zero-order chi connectivity index (χ0) is 31.5. The number of rotatable bonds is 2. The molecule has 0 saturated heterocycles. The Hall–Kier alpha value is -4.24. The molecule has 0 bridgehead atoms. The fourth-order valence-corrected chi connectivity index (χ4v) is 9.64. The Bertz CT molecular complexity index is 2270. The summed E-state index contributed by atoms with van der Waals surface area (Å²) >= 11 is 10.8. The van der Waals surface area contributed by atoms with Crippen molar-refractivity contribution in [2.24, 2.45) is 0 Å². The molecule has 0 saturated carbocycles. The molecule has 7 aromatic rings. The van der Waals surface area contributed by atoms with E-state index < -0.39 is 0 Å². The van der Waals surface area contributed by atoms with E-state index in [1.54, 1.807) is 0 Å². The maximum absolute atomic E-state index is 5.41. The minimum Gasteiger partial charge on any atom is -0.143 e. The summed E-state index contributed by atoms with van der Waals surface area (Å²) in [6.45, 7) is 9.42. The van der Waals surface area contributed by atoms with Gasteiger partial charge < -0.3 is 0 Å². The Labute approximate surface area is 282 Å². The third kappa shape index (κ3) is 3.78. The number of benzene rings is 7. The lowest BCUT2D eigenvalue weighted by atomic mass is 9.77. The normalized spacial score (nSPS) is 15.1. The molecule has 0 amide bonds. The topological polar surface area (TPSA) is 0 Å². The summed E-state index contributed by atoms with van der Waals surface area (Å²) in [6.07, 6.45) is 0. The van der Waals surface area contributed by atoms with Crippen molar-refractivity contribution in [2.45, 2.75) is 48.3 Å². The van der Waals surface area contributed by atoms with E-state index in [9.17, 15) is 0 Å². The smallest absolute Gasteiger partial charge is 0.0205 e. The molecule has 9 rings (SSSR count). The molecule has 0 spiro atoms. The molecular formula is C44H34S2.